The van der Waals surface area contributed by atoms with Crippen molar-refractivity contribution in [3.05, 3.63) is 69.3 Å². The average molecular weight is 367 g/mol. The van der Waals surface area contributed by atoms with Crippen molar-refractivity contribution in [1.82, 2.24) is 14.6 Å². The fourth-order valence-corrected chi connectivity index (χ4v) is 3.27. The number of aromatic nitrogens is 3. The Morgan fingerprint density at radius 2 is 1.96 bits per heavy atom. The van der Waals surface area contributed by atoms with Crippen molar-refractivity contribution in [2.45, 2.75) is 46.0 Å². The number of rotatable bonds is 7. The maximum Gasteiger partial charge on any atom is 0.345 e. The van der Waals surface area contributed by atoms with Crippen LogP contribution in [0.2, 0.25) is 0 Å². The van der Waals surface area contributed by atoms with Gasteiger partial charge >= 0.3 is 5.97 Å². The van der Waals surface area contributed by atoms with Gasteiger partial charge in [-0.05, 0) is 37.7 Å². The maximum atomic E-state index is 12.7. The molecule has 27 heavy (non-hydrogen) atoms. The number of fused-ring (bicyclic) bond motifs is 1. The van der Waals surface area contributed by atoms with Crippen LogP contribution in [0, 0.1) is 0 Å². The highest BCUT2D eigenvalue weighted by Crippen LogP contribution is 2.23. The Labute approximate surface area is 158 Å². The molecule has 2 aromatic heterocycles. The summed E-state index contributed by atoms with van der Waals surface area (Å²) >= 11 is 0. The predicted molar refractivity (Wildman–Crippen MR) is 104 cm³/mol. The predicted octanol–water partition coefficient (Wildman–Crippen LogP) is 3.50. The lowest BCUT2D eigenvalue weighted by Crippen LogP contribution is -2.24. The lowest BCUT2D eigenvalue weighted by atomic mass is 9.99. The first kappa shape index (κ1) is 18.9. The van der Waals surface area contributed by atoms with Crippen LogP contribution in [0.1, 0.15) is 60.3 Å². The van der Waals surface area contributed by atoms with Gasteiger partial charge in [0.1, 0.15) is 5.56 Å². The largest absolute Gasteiger partial charge is 0.462 e. The molecule has 0 saturated carbocycles. The van der Waals surface area contributed by atoms with Crippen molar-refractivity contribution < 1.29 is 9.53 Å². The molecule has 6 heteroatoms. The number of nitrogens with zero attached hydrogens (tertiary/aromatic N) is 2. The van der Waals surface area contributed by atoms with Gasteiger partial charge in [-0.1, -0.05) is 44.2 Å². The van der Waals surface area contributed by atoms with E-state index in [1.807, 2.05) is 18.2 Å². The highest BCUT2D eigenvalue weighted by atomic mass is 16.5. The molecule has 0 unspecified atom stereocenters. The Morgan fingerprint density at radius 3 is 2.63 bits per heavy atom. The molecule has 2 heterocycles. The second kappa shape index (κ2) is 8.20. The van der Waals surface area contributed by atoms with Crippen LogP contribution >= 0.6 is 0 Å². The zero-order valence-electron chi connectivity index (χ0n) is 16.0. The van der Waals surface area contributed by atoms with Gasteiger partial charge in [0.2, 0.25) is 0 Å². The fourth-order valence-electron chi connectivity index (χ4n) is 3.27. The van der Waals surface area contributed by atoms with Crippen molar-refractivity contribution in [3.63, 3.8) is 0 Å². The van der Waals surface area contributed by atoms with Crippen LogP contribution in [0.25, 0.3) is 5.65 Å². The van der Waals surface area contributed by atoms with E-state index in [4.69, 9.17) is 4.74 Å². The van der Waals surface area contributed by atoms with E-state index < -0.39 is 11.5 Å². The summed E-state index contributed by atoms with van der Waals surface area (Å²) in [5, 5.41) is 3.15. The van der Waals surface area contributed by atoms with Gasteiger partial charge in [-0.2, -0.15) is 0 Å². The number of aromatic amines is 1. The summed E-state index contributed by atoms with van der Waals surface area (Å²) in [5.41, 5.74) is 3.42. The van der Waals surface area contributed by atoms with E-state index in [-0.39, 0.29) is 18.1 Å². The summed E-state index contributed by atoms with van der Waals surface area (Å²) < 4.78 is 6.32. The van der Waals surface area contributed by atoms with E-state index >= 15 is 0 Å². The molecule has 0 bridgehead atoms. The monoisotopic (exact) mass is 367 g/mol. The molecule has 3 aromatic rings. The number of ether oxygens (including phenoxy) is 1. The second-order valence-corrected chi connectivity index (χ2v) is 6.85. The van der Waals surface area contributed by atoms with Crippen molar-refractivity contribution >= 4 is 11.6 Å². The molecular weight excluding hydrogens is 342 g/mol. The lowest BCUT2D eigenvalue weighted by molar-refractivity contribution is 0.0523. The third-order valence-corrected chi connectivity index (χ3v) is 4.60. The molecule has 1 aromatic carbocycles. The normalized spacial score (nSPS) is 11.3. The number of esters is 1. The number of benzene rings is 1. The number of H-pyrrole nitrogens is 1. The molecule has 0 radical (unpaired) electrons. The minimum Gasteiger partial charge on any atom is -0.462 e. The Morgan fingerprint density at radius 1 is 1.22 bits per heavy atom. The van der Waals surface area contributed by atoms with E-state index in [1.54, 1.807) is 6.92 Å². The smallest absolute Gasteiger partial charge is 0.345 e. The Bertz CT molecular complexity index is 987. The van der Waals surface area contributed by atoms with E-state index in [2.05, 4.69) is 36.1 Å². The van der Waals surface area contributed by atoms with E-state index in [9.17, 15) is 9.59 Å². The number of hydrogen-bond donors (Lipinski definition) is 1. The summed E-state index contributed by atoms with van der Waals surface area (Å²) in [6.45, 7) is 6.07. The third-order valence-electron chi connectivity index (χ3n) is 4.60. The fraction of sp³-hybridized carbons (Fsp3) is 0.381. The Hall–Kier alpha value is -2.89. The van der Waals surface area contributed by atoms with Crippen LogP contribution in [0.3, 0.4) is 0 Å². The van der Waals surface area contributed by atoms with Crippen molar-refractivity contribution in [2.75, 3.05) is 6.61 Å². The highest BCUT2D eigenvalue weighted by Gasteiger charge is 2.20. The summed E-state index contributed by atoms with van der Waals surface area (Å²) in [6, 6.07) is 10.3. The zero-order valence-corrected chi connectivity index (χ0v) is 16.0. The van der Waals surface area contributed by atoms with Gasteiger partial charge in [0.15, 0.2) is 5.65 Å². The number of hydrogen-bond acceptors (Lipinski definition) is 4. The molecule has 0 aliphatic rings. The summed E-state index contributed by atoms with van der Waals surface area (Å²) in [4.78, 5) is 29.1. The van der Waals surface area contributed by atoms with Crippen LogP contribution in [-0.2, 0) is 17.6 Å². The summed E-state index contributed by atoms with van der Waals surface area (Å²) in [5.74, 6) is -0.431. The zero-order chi connectivity index (χ0) is 19.4. The summed E-state index contributed by atoms with van der Waals surface area (Å²) in [6.07, 6.45) is 4.04. The molecular formula is C21H25N3O3. The van der Waals surface area contributed by atoms with Crippen molar-refractivity contribution in [1.29, 1.82) is 0 Å². The van der Waals surface area contributed by atoms with Gasteiger partial charge in [0.25, 0.3) is 5.56 Å². The van der Waals surface area contributed by atoms with E-state index in [1.165, 1.54) is 16.3 Å². The highest BCUT2D eigenvalue weighted by molar-refractivity contribution is 5.88. The van der Waals surface area contributed by atoms with Gasteiger partial charge in [-0.15, -0.1) is 0 Å². The molecule has 6 nitrogen and oxygen atoms in total. The quantitative estimate of drug-likeness (QED) is 0.649. The minimum atomic E-state index is -0.643. The first-order valence-electron chi connectivity index (χ1n) is 9.36. The Balaban J connectivity index is 1.93. The van der Waals surface area contributed by atoms with Gasteiger partial charge in [0.05, 0.1) is 6.61 Å². The van der Waals surface area contributed by atoms with Gasteiger partial charge < -0.3 is 4.74 Å². The molecule has 1 N–H and O–H groups in total. The molecule has 0 amide bonds. The average Bonchev–Trinajstić information content (AvgIpc) is 3.03. The SMILES string of the molecule is CCOC(=O)c1cnc2c(CCCc3ccccc3)c(C(C)C)[nH]n2c1=O. The standard InChI is InChI=1S/C21H25N3O3/c1-4-27-21(26)17-13-22-19-16(12-8-11-15-9-6-5-7-10-15)18(14(2)3)23-24(19)20(17)25/h5-7,9-10,13-14,23H,4,8,11-12H2,1-3H3. The van der Waals surface area contributed by atoms with Crippen LogP contribution in [-0.4, -0.2) is 27.2 Å². The van der Waals surface area contributed by atoms with Gasteiger partial charge in [0, 0.05) is 17.5 Å². The lowest BCUT2D eigenvalue weighted by Gasteiger charge is -2.06. The molecule has 0 aliphatic carbocycles. The Kier molecular flexibility index (Phi) is 5.74. The number of nitrogens with one attached hydrogen (secondary N) is 1. The third kappa shape index (κ3) is 3.94. The van der Waals surface area contributed by atoms with Crippen LogP contribution in [0.5, 0.6) is 0 Å². The molecule has 0 spiro atoms. The van der Waals surface area contributed by atoms with Crippen LogP contribution < -0.4 is 5.56 Å². The summed E-state index contributed by atoms with van der Waals surface area (Å²) in [7, 11) is 0. The second-order valence-electron chi connectivity index (χ2n) is 6.85. The first-order chi connectivity index (χ1) is 13.0. The first-order valence-corrected chi connectivity index (χ1v) is 9.36. The van der Waals surface area contributed by atoms with Gasteiger partial charge in [-0.3, -0.25) is 9.89 Å². The van der Waals surface area contributed by atoms with Crippen LogP contribution in [0.15, 0.2) is 41.3 Å². The molecule has 0 aliphatic heterocycles. The maximum absolute atomic E-state index is 12.7. The van der Waals surface area contributed by atoms with E-state index in [0.29, 0.717) is 5.65 Å². The number of aryl methyl sites for hydroxylation is 2. The van der Waals surface area contributed by atoms with Crippen molar-refractivity contribution in [2.24, 2.45) is 0 Å². The molecule has 3 rings (SSSR count). The van der Waals surface area contributed by atoms with Crippen LogP contribution in [0.4, 0.5) is 0 Å². The van der Waals surface area contributed by atoms with E-state index in [0.717, 1.165) is 30.5 Å². The molecule has 142 valence electrons. The molecule has 0 fully saturated rings. The molecule has 0 saturated heterocycles. The number of carbonyl (C=O) groups is 1. The minimum absolute atomic E-state index is 0.0539. The van der Waals surface area contributed by atoms with Crippen molar-refractivity contribution in [3.8, 4) is 0 Å². The topological polar surface area (TPSA) is 76.5 Å². The number of carbonyl (C=O) groups excluding carboxylic acids is 1. The van der Waals surface area contributed by atoms with Gasteiger partial charge in [-0.25, -0.2) is 14.3 Å². The molecule has 0 atom stereocenters.